The molecule has 0 saturated heterocycles. The Balaban J connectivity index is 2.70. The number of nitrogens with zero attached hydrogens (tertiary/aromatic N) is 2. The fraction of sp³-hybridized carbons (Fsp3) is 0.364. The average Bonchev–Trinajstić information content (AvgIpc) is 2.48. The van der Waals surface area contributed by atoms with Crippen molar-refractivity contribution < 1.29 is 9.59 Å². The third-order valence-corrected chi connectivity index (χ3v) is 2.40. The maximum atomic E-state index is 11.3. The fourth-order valence-electron chi connectivity index (χ4n) is 1.42. The predicted octanol–water partition coefficient (Wildman–Crippen LogP) is -0.348. The zero-order chi connectivity index (χ0) is 13.0. The number of carbonyl (C=O) groups excluding carboxylic acids is 2. The smallest absolute Gasteiger partial charge is 0.244 e. The maximum Gasteiger partial charge on any atom is 0.244 e. The van der Waals surface area contributed by atoms with Crippen LogP contribution in [0.2, 0.25) is 0 Å². The van der Waals surface area contributed by atoms with Crippen LogP contribution in [0.15, 0.2) is 6.08 Å². The largest absolute Gasteiger partial charge is 0.368 e. The van der Waals surface area contributed by atoms with Crippen molar-refractivity contribution >= 4 is 17.9 Å². The second-order valence-corrected chi connectivity index (χ2v) is 3.73. The molecule has 0 fully saturated rings. The minimum atomic E-state index is -0.569. The molecule has 0 spiro atoms. The molecule has 6 nitrogen and oxygen atoms in total. The molecule has 0 aliphatic carbocycles. The summed E-state index contributed by atoms with van der Waals surface area (Å²) in [5.74, 6) is -0.924. The molecule has 1 aromatic rings. The molecule has 2 amide bonds. The van der Waals surface area contributed by atoms with E-state index < -0.39 is 5.91 Å². The summed E-state index contributed by atoms with van der Waals surface area (Å²) in [6.45, 7) is 3.63. The van der Waals surface area contributed by atoms with Gasteiger partial charge in [-0.3, -0.25) is 14.3 Å². The van der Waals surface area contributed by atoms with E-state index in [0.717, 1.165) is 17.0 Å². The lowest BCUT2D eigenvalue weighted by Gasteiger charge is -1.97. The third-order valence-electron chi connectivity index (χ3n) is 2.40. The molecule has 1 rings (SSSR count). The summed E-state index contributed by atoms with van der Waals surface area (Å²) in [5, 5.41) is 6.59. The fourth-order valence-corrected chi connectivity index (χ4v) is 1.42. The second kappa shape index (κ2) is 5.29. The number of amides is 2. The standard InChI is InChI=1S/C11H16N4O2/c1-7-9(8(2)15(3)14-7)4-5-11(17)13-6-10(12)16/h4-5H,6H2,1-3H3,(H2,12,16)(H,13,17). The molecule has 0 unspecified atom stereocenters. The van der Waals surface area contributed by atoms with Gasteiger partial charge in [-0.1, -0.05) is 0 Å². The Morgan fingerprint density at radius 2 is 2.12 bits per heavy atom. The van der Waals surface area contributed by atoms with E-state index in [4.69, 9.17) is 5.73 Å². The van der Waals surface area contributed by atoms with E-state index >= 15 is 0 Å². The number of hydrogen-bond donors (Lipinski definition) is 2. The molecular weight excluding hydrogens is 220 g/mol. The van der Waals surface area contributed by atoms with Crippen molar-refractivity contribution in [2.24, 2.45) is 12.8 Å². The van der Waals surface area contributed by atoms with E-state index in [9.17, 15) is 9.59 Å². The number of carbonyl (C=O) groups is 2. The van der Waals surface area contributed by atoms with Crippen LogP contribution in [0, 0.1) is 13.8 Å². The molecule has 0 saturated carbocycles. The summed E-state index contributed by atoms with van der Waals surface area (Å²) >= 11 is 0. The normalized spacial score (nSPS) is 10.8. The SMILES string of the molecule is Cc1nn(C)c(C)c1C=CC(=O)NCC(N)=O. The van der Waals surface area contributed by atoms with Crippen LogP contribution < -0.4 is 11.1 Å². The number of hydrogen-bond acceptors (Lipinski definition) is 3. The van der Waals surface area contributed by atoms with Crippen molar-refractivity contribution in [1.82, 2.24) is 15.1 Å². The van der Waals surface area contributed by atoms with Gasteiger partial charge in [-0.25, -0.2) is 0 Å². The second-order valence-electron chi connectivity index (χ2n) is 3.73. The van der Waals surface area contributed by atoms with E-state index in [1.807, 2.05) is 20.9 Å². The topological polar surface area (TPSA) is 90.0 Å². The van der Waals surface area contributed by atoms with E-state index in [0.29, 0.717) is 0 Å². The van der Waals surface area contributed by atoms with Gasteiger partial charge in [-0.2, -0.15) is 5.10 Å². The van der Waals surface area contributed by atoms with Crippen LogP contribution in [0.1, 0.15) is 17.0 Å². The highest BCUT2D eigenvalue weighted by atomic mass is 16.2. The Hall–Kier alpha value is -2.11. The Kier molecular flexibility index (Phi) is 4.03. The quantitative estimate of drug-likeness (QED) is 0.700. The first-order chi connectivity index (χ1) is 7.91. The van der Waals surface area contributed by atoms with Crippen molar-refractivity contribution in [3.63, 3.8) is 0 Å². The number of rotatable bonds is 4. The van der Waals surface area contributed by atoms with Crippen LogP contribution in [0.5, 0.6) is 0 Å². The summed E-state index contributed by atoms with van der Waals surface area (Å²) in [4.78, 5) is 21.8. The molecule has 92 valence electrons. The zero-order valence-corrected chi connectivity index (χ0v) is 10.2. The Bertz CT molecular complexity index is 474. The molecule has 0 aliphatic rings. The Morgan fingerprint density at radius 3 is 2.59 bits per heavy atom. The molecule has 0 aliphatic heterocycles. The summed E-state index contributed by atoms with van der Waals surface area (Å²) in [5.41, 5.74) is 7.64. The number of aryl methyl sites for hydroxylation is 2. The molecule has 0 aromatic carbocycles. The van der Waals surface area contributed by atoms with Gasteiger partial charge in [0.05, 0.1) is 12.2 Å². The van der Waals surface area contributed by atoms with Gasteiger partial charge in [0.1, 0.15) is 0 Å². The lowest BCUT2D eigenvalue weighted by molar-refractivity contribution is -0.122. The predicted molar refractivity (Wildman–Crippen MR) is 63.9 cm³/mol. The van der Waals surface area contributed by atoms with Crippen LogP contribution in [0.4, 0.5) is 0 Å². The van der Waals surface area contributed by atoms with Crippen LogP contribution in [0.3, 0.4) is 0 Å². The Labute approximate surface area is 99.5 Å². The van der Waals surface area contributed by atoms with E-state index in [-0.39, 0.29) is 12.5 Å². The van der Waals surface area contributed by atoms with Gasteiger partial charge in [0.15, 0.2) is 0 Å². The van der Waals surface area contributed by atoms with Crippen molar-refractivity contribution in [3.05, 3.63) is 23.0 Å². The highest BCUT2D eigenvalue weighted by Crippen LogP contribution is 2.13. The molecule has 0 atom stereocenters. The summed E-state index contributed by atoms with van der Waals surface area (Å²) in [6, 6.07) is 0. The first-order valence-corrected chi connectivity index (χ1v) is 5.16. The summed E-state index contributed by atoms with van der Waals surface area (Å²) < 4.78 is 1.75. The van der Waals surface area contributed by atoms with Crippen molar-refractivity contribution in [2.45, 2.75) is 13.8 Å². The molecule has 3 N–H and O–H groups in total. The van der Waals surface area contributed by atoms with Crippen molar-refractivity contribution in [3.8, 4) is 0 Å². The molecule has 1 aromatic heterocycles. The maximum absolute atomic E-state index is 11.3. The number of aromatic nitrogens is 2. The minimum Gasteiger partial charge on any atom is -0.368 e. The Morgan fingerprint density at radius 1 is 1.47 bits per heavy atom. The van der Waals surface area contributed by atoms with Gasteiger partial charge in [0.25, 0.3) is 0 Å². The van der Waals surface area contributed by atoms with Gasteiger partial charge in [-0.05, 0) is 19.9 Å². The highest BCUT2D eigenvalue weighted by molar-refractivity contribution is 5.94. The number of nitrogens with two attached hydrogens (primary N) is 1. The van der Waals surface area contributed by atoms with Gasteiger partial charge < -0.3 is 11.1 Å². The van der Waals surface area contributed by atoms with E-state index in [1.165, 1.54) is 6.08 Å². The minimum absolute atomic E-state index is 0.159. The lowest BCUT2D eigenvalue weighted by Crippen LogP contribution is -2.32. The zero-order valence-electron chi connectivity index (χ0n) is 10.2. The van der Waals surface area contributed by atoms with Crippen LogP contribution >= 0.6 is 0 Å². The molecule has 0 bridgehead atoms. The first-order valence-electron chi connectivity index (χ1n) is 5.16. The van der Waals surface area contributed by atoms with E-state index in [1.54, 1.807) is 10.8 Å². The highest BCUT2D eigenvalue weighted by Gasteiger charge is 2.06. The van der Waals surface area contributed by atoms with Crippen LogP contribution in [-0.4, -0.2) is 28.1 Å². The van der Waals surface area contributed by atoms with Gasteiger partial charge in [0, 0.05) is 24.4 Å². The van der Waals surface area contributed by atoms with Crippen LogP contribution in [0.25, 0.3) is 6.08 Å². The van der Waals surface area contributed by atoms with Crippen LogP contribution in [-0.2, 0) is 16.6 Å². The van der Waals surface area contributed by atoms with Gasteiger partial charge >= 0.3 is 0 Å². The molecule has 17 heavy (non-hydrogen) atoms. The monoisotopic (exact) mass is 236 g/mol. The molecule has 0 radical (unpaired) electrons. The molecular formula is C11H16N4O2. The van der Waals surface area contributed by atoms with Gasteiger partial charge in [-0.15, -0.1) is 0 Å². The summed E-state index contributed by atoms with van der Waals surface area (Å²) in [7, 11) is 1.84. The first kappa shape index (κ1) is 13.0. The molecule has 1 heterocycles. The summed E-state index contributed by atoms with van der Waals surface area (Å²) in [6.07, 6.45) is 3.04. The number of nitrogens with one attached hydrogen (secondary N) is 1. The van der Waals surface area contributed by atoms with Crippen molar-refractivity contribution in [2.75, 3.05) is 6.54 Å². The lowest BCUT2D eigenvalue weighted by atomic mass is 10.2. The number of primary amides is 1. The van der Waals surface area contributed by atoms with Gasteiger partial charge in [0.2, 0.25) is 11.8 Å². The third kappa shape index (κ3) is 3.44. The molecule has 6 heteroatoms. The van der Waals surface area contributed by atoms with Crippen molar-refractivity contribution in [1.29, 1.82) is 0 Å². The average molecular weight is 236 g/mol. The van der Waals surface area contributed by atoms with E-state index in [2.05, 4.69) is 10.4 Å².